The number of aromatic nitrogens is 1. The van der Waals surface area contributed by atoms with Crippen molar-refractivity contribution in [3.05, 3.63) is 58.9 Å². The Hall–Kier alpha value is -2.44. The Kier molecular flexibility index (Phi) is 7.76. The molecule has 1 amide bonds. The molecule has 3 heterocycles. The zero-order chi connectivity index (χ0) is 22.3. The van der Waals surface area contributed by atoms with Crippen LogP contribution in [0.25, 0.3) is 0 Å². The van der Waals surface area contributed by atoms with Crippen LogP contribution in [0.1, 0.15) is 47.7 Å². The normalized spacial score (nSPS) is 19.7. The summed E-state index contributed by atoms with van der Waals surface area (Å²) in [5.74, 6) is 1.48. The van der Waals surface area contributed by atoms with E-state index in [-0.39, 0.29) is 5.91 Å². The fraction of sp³-hybridized carbons (Fsp3) is 0.538. The summed E-state index contributed by atoms with van der Waals surface area (Å²) in [6, 6.07) is 12.6. The molecule has 0 bridgehead atoms. The summed E-state index contributed by atoms with van der Waals surface area (Å²) < 4.78 is 10.9. The van der Waals surface area contributed by atoms with Gasteiger partial charge in [0.15, 0.2) is 0 Å². The molecule has 1 aromatic carbocycles. The van der Waals surface area contributed by atoms with Crippen LogP contribution >= 0.6 is 0 Å². The lowest BCUT2D eigenvalue weighted by Crippen LogP contribution is -2.42. The molecule has 6 heteroatoms. The molecule has 1 unspecified atom stereocenters. The van der Waals surface area contributed by atoms with Crippen molar-refractivity contribution in [3.63, 3.8) is 0 Å². The van der Waals surface area contributed by atoms with E-state index in [0.717, 1.165) is 82.3 Å². The Balaban J connectivity index is 1.40. The summed E-state index contributed by atoms with van der Waals surface area (Å²) in [5, 5.41) is 0. The van der Waals surface area contributed by atoms with Gasteiger partial charge in [-0.2, -0.15) is 0 Å². The van der Waals surface area contributed by atoms with E-state index < -0.39 is 0 Å². The van der Waals surface area contributed by atoms with E-state index in [0.29, 0.717) is 12.3 Å². The fourth-order valence-electron chi connectivity index (χ4n) is 4.83. The molecule has 2 fully saturated rings. The summed E-state index contributed by atoms with van der Waals surface area (Å²) in [4.78, 5) is 22.1. The number of hydrogen-bond donors (Lipinski definition) is 0. The van der Waals surface area contributed by atoms with Crippen molar-refractivity contribution in [3.8, 4) is 5.75 Å². The number of likely N-dealkylation sites (tertiary alicyclic amines) is 1. The smallest absolute Gasteiger partial charge is 0.223 e. The van der Waals surface area contributed by atoms with E-state index in [4.69, 9.17) is 14.5 Å². The van der Waals surface area contributed by atoms with Gasteiger partial charge < -0.3 is 14.4 Å². The molecule has 32 heavy (non-hydrogen) atoms. The highest BCUT2D eigenvalue weighted by molar-refractivity contribution is 5.76. The first-order valence-corrected chi connectivity index (χ1v) is 11.8. The number of methoxy groups -OCH3 is 1. The first-order valence-electron chi connectivity index (χ1n) is 11.8. The molecule has 0 radical (unpaired) electrons. The molecule has 6 nitrogen and oxygen atoms in total. The Morgan fingerprint density at radius 1 is 1.19 bits per heavy atom. The van der Waals surface area contributed by atoms with Crippen molar-refractivity contribution in [2.45, 2.75) is 38.5 Å². The third-order valence-electron chi connectivity index (χ3n) is 6.56. The van der Waals surface area contributed by atoms with Crippen molar-refractivity contribution in [2.75, 3.05) is 53.0 Å². The van der Waals surface area contributed by atoms with Gasteiger partial charge in [0.05, 0.1) is 20.3 Å². The third-order valence-corrected chi connectivity index (χ3v) is 6.56. The second-order valence-electron chi connectivity index (χ2n) is 8.91. The maximum absolute atomic E-state index is 12.9. The van der Waals surface area contributed by atoms with Gasteiger partial charge in [-0.15, -0.1) is 0 Å². The van der Waals surface area contributed by atoms with Gasteiger partial charge in [-0.1, -0.05) is 18.2 Å². The minimum Gasteiger partial charge on any atom is -0.496 e. The number of nitrogens with zero attached hydrogens (tertiary/aromatic N) is 3. The van der Waals surface area contributed by atoms with Gasteiger partial charge in [0, 0.05) is 62.9 Å². The van der Waals surface area contributed by atoms with E-state index in [9.17, 15) is 4.79 Å². The Morgan fingerprint density at radius 3 is 2.81 bits per heavy atom. The average Bonchev–Trinajstić information content (AvgIpc) is 2.83. The highest BCUT2D eigenvalue weighted by Gasteiger charge is 2.26. The fourth-order valence-corrected chi connectivity index (χ4v) is 4.83. The van der Waals surface area contributed by atoms with Crippen molar-refractivity contribution in [2.24, 2.45) is 0 Å². The van der Waals surface area contributed by atoms with E-state index in [1.54, 1.807) is 7.11 Å². The van der Waals surface area contributed by atoms with Crippen molar-refractivity contribution < 1.29 is 14.3 Å². The molecule has 0 N–H and O–H groups in total. The Morgan fingerprint density at radius 2 is 2.00 bits per heavy atom. The number of pyridine rings is 1. The van der Waals surface area contributed by atoms with Crippen LogP contribution < -0.4 is 4.74 Å². The summed E-state index contributed by atoms with van der Waals surface area (Å²) in [6.07, 6.45) is 3.52. The lowest BCUT2D eigenvalue weighted by atomic mass is 9.92. The number of hydrogen-bond acceptors (Lipinski definition) is 5. The lowest BCUT2D eigenvalue weighted by Gasteiger charge is -2.34. The first kappa shape index (κ1) is 22.7. The number of ether oxygens (including phenoxy) is 2. The number of carbonyl (C=O) groups is 1. The van der Waals surface area contributed by atoms with Crippen LogP contribution in [0.5, 0.6) is 5.75 Å². The van der Waals surface area contributed by atoms with Crippen molar-refractivity contribution >= 4 is 5.91 Å². The predicted molar refractivity (Wildman–Crippen MR) is 125 cm³/mol. The topological polar surface area (TPSA) is 54.9 Å². The number of para-hydroxylation sites is 1. The molecule has 0 spiro atoms. The van der Waals surface area contributed by atoms with Crippen LogP contribution in [-0.2, 0) is 16.0 Å². The standard InChI is InChI=1S/C26H35N3O3/c1-20-16-21(17-22-6-3-4-8-25(22)31-2)18-24(27-20)23-7-5-10-29(19-23)26(30)9-11-28-12-14-32-15-13-28/h3-4,6,8,16,18,23H,5,7,9-15,17,19H2,1-2H3. The second kappa shape index (κ2) is 10.9. The lowest BCUT2D eigenvalue weighted by molar-refractivity contribution is -0.133. The number of aryl methyl sites for hydroxylation is 1. The van der Waals surface area contributed by atoms with Gasteiger partial charge >= 0.3 is 0 Å². The minimum absolute atomic E-state index is 0.267. The van der Waals surface area contributed by atoms with Crippen molar-refractivity contribution in [1.29, 1.82) is 0 Å². The van der Waals surface area contributed by atoms with Gasteiger partial charge in [0.1, 0.15) is 5.75 Å². The molecule has 0 aliphatic carbocycles. The second-order valence-corrected chi connectivity index (χ2v) is 8.91. The van der Waals surface area contributed by atoms with Crippen LogP contribution in [0, 0.1) is 6.92 Å². The average molecular weight is 438 g/mol. The molecule has 172 valence electrons. The predicted octanol–water partition coefficient (Wildman–Crippen LogP) is 3.42. The minimum atomic E-state index is 0.267. The highest BCUT2D eigenvalue weighted by atomic mass is 16.5. The third kappa shape index (κ3) is 5.87. The Labute approximate surface area is 191 Å². The summed E-state index contributed by atoms with van der Waals surface area (Å²) in [6.45, 7) is 7.92. The number of rotatable bonds is 7. The van der Waals surface area contributed by atoms with Crippen LogP contribution in [0.4, 0.5) is 0 Å². The van der Waals surface area contributed by atoms with Crippen molar-refractivity contribution in [1.82, 2.24) is 14.8 Å². The van der Waals surface area contributed by atoms with E-state index in [1.807, 2.05) is 18.2 Å². The molecule has 0 saturated carbocycles. The van der Waals surface area contributed by atoms with Gasteiger partial charge in [-0.3, -0.25) is 14.7 Å². The zero-order valence-electron chi connectivity index (χ0n) is 19.4. The molecular formula is C26H35N3O3. The summed E-state index contributed by atoms with van der Waals surface area (Å²) >= 11 is 0. The van der Waals surface area contributed by atoms with E-state index in [2.05, 4.69) is 34.9 Å². The number of benzene rings is 1. The first-order chi connectivity index (χ1) is 15.6. The quantitative estimate of drug-likeness (QED) is 0.664. The highest BCUT2D eigenvalue weighted by Crippen LogP contribution is 2.28. The van der Waals surface area contributed by atoms with Crippen LogP contribution in [0.2, 0.25) is 0 Å². The molecule has 2 saturated heterocycles. The van der Waals surface area contributed by atoms with Gasteiger partial charge in [0.2, 0.25) is 5.91 Å². The monoisotopic (exact) mass is 437 g/mol. The number of amides is 1. The molecule has 1 aromatic heterocycles. The molecule has 1 atom stereocenters. The summed E-state index contributed by atoms with van der Waals surface area (Å²) in [5.41, 5.74) is 4.56. The van der Waals surface area contributed by atoms with E-state index in [1.165, 1.54) is 11.1 Å². The van der Waals surface area contributed by atoms with Gasteiger partial charge in [-0.05, 0) is 49.1 Å². The number of piperidine rings is 1. The molecule has 2 aliphatic rings. The molecule has 2 aromatic rings. The number of carbonyl (C=O) groups excluding carboxylic acids is 1. The van der Waals surface area contributed by atoms with Crippen LogP contribution in [0.3, 0.4) is 0 Å². The van der Waals surface area contributed by atoms with Gasteiger partial charge in [-0.25, -0.2) is 0 Å². The van der Waals surface area contributed by atoms with Crippen LogP contribution in [0.15, 0.2) is 36.4 Å². The zero-order valence-corrected chi connectivity index (χ0v) is 19.4. The molecular weight excluding hydrogens is 402 g/mol. The number of morpholine rings is 1. The molecule has 4 rings (SSSR count). The molecule has 2 aliphatic heterocycles. The Bertz CT molecular complexity index is 911. The maximum Gasteiger partial charge on any atom is 0.223 e. The largest absolute Gasteiger partial charge is 0.496 e. The van der Waals surface area contributed by atoms with Gasteiger partial charge in [0.25, 0.3) is 0 Å². The SMILES string of the molecule is COc1ccccc1Cc1cc(C)nc(C2CCCN(C(=O)CCN3CCOCC3)C2)c1. The maximum atomic E-state index is 12.9. The van der Waals surface area contributed by atoms with E-state index >= 15 is 0 Å². The summed E-state index contributed by atoms with van der Waals surface area (Å²) in [7, 11) is 1.72. The van der Waals surface area contributed by atoms with Crippen LogP contribution in [-0.4, -0.2) is 73.7 Å².